The van der Waals surface area contributed by atoms with E-state index in [0.29, 0.717) is 0 Å². The van der Waals surface area contributed by atoms with Crippen LogP contribution in [-0.2, 0) is 0 Å². The zero-order valence-corrected chi connectivity index (χ0v) is 10.6. The van der Waals surface area contributed by atoms with E-state index in [4.69, 9.17) is 12.2 Å². The van der Waals surface area contributed by atoms with Crippen molar-refractivity contribution in [3.8, 4) is 10.4 Å². The van der Waals surface area contributed by atoms with Crippen molar-refractivity contribution in [2.24, 2.45) is 0 Å². The molecule has 0 nitrogen and oxygen atoms in total. The molecule has 2 aromatic heterocycles. The van der Waals surface area contributed by atoms with Crippen LogP contribution in [0.4, 0.5) is 0 Å². The van der Waals surface area contributed by atoms with Gasteiger partial charge in [-0.2, -0.15) is 0 Å². The highest BCUT2D eigenvalue weighted by Gasteiger charge is 2.06. The van der Waals surface area contributed by atoms with Crippen LogP contribution in [0.2, 0.25) is 0 Å². The van der Waals surface area contributed by atoms with E-state index >= 15 is 0 Å². The molecule has 0 saturated heterocycles. The van der Waals surface area contributed by atoms with Crippen molar-refractivity contribution < 1.29 is 0 Å². The van der Waals surface area contributed by atoms with Gasteiger partial charge in [0.25, 0.3) is 0 Å². The monoisotopic (exact) mass is 244 g/mol. The fourth-order valence-electron chi connectivity index (χ4n) is 1.24. The minimum absolute atomic E-state index is 0.989. The lowest BCUT2D eigenvalue weighted by Gasteiger charge is -1.91. The van der Waals surface area contributed by atoms with E-state index in [1.54, 1.807) is 20.7 Å². The predicted molar refractivity (Wildman–Crippen MR) is 65.8 cm³/mol. The van der Waals surface area contributed by atoms with E-state index in [0.717, 1.165) is 3.82 Å². The van der Waals surface area contributed by atoms with Gasteiger partial charge in [-0.3, -0.25) is 0 Å². The fourth-order valence-corrected chi connectivity index (χ4v) is 4.69. The molecule has 4 heteroatoms. The van der Waals surface area contributed by atoms with Crippen LogP contribution < -0.4 is 0 Å². The number of rotatable bonds is 1. The van der Waals surface area contributed by atoms with E-state index in [1.165, 1.54) is 20.2 Å². The lowest BCUT2D eigenvalue weighted by atomic mass is 10.2. The van der Waals surface area contributed by atoms with Crippen LogP contribution in [0.1, 0.15) is 9.75 Å². The van der Waals surface area contributed by atoms with Gasteiger partial charge in [0.15, 0.2) is 0 Å². The van der Waals surface area contributed by atoms with Gasteiger partial charge in [0.1, 0.15) is 3.82 Å². The minimum Gasteiger partial charge on any atom is -0.145 e. The number of hydrogen-bond donors (Lipinski definition) is 0. The first-order chi connectivity index (χ1) is 6.16. The number of hydrogen-bond acceptors (Lipinski definition) is 4. The second-order valence-corrected chi connectivity index (χ2v) is 7.19. The molecule has 0 N–H and O–H groups in total. The van der Waals surface area contributed by atoms with Crippen LogP contribution in [0.15, 0.2) is 12.1 Å². The topological polar surface area (TPSA) is 0 Å². The van der Waals surface area contributed by atoms with Gasteiger partial charge in [0.2, 0.25) is 0 Å². The van der Waals surface area contributed by atoms with Crippen molar-refractivity contribution in [3.05, 3.63) is 25.7 Å². The summed E-state index contributed by atoms with van der Waals surface area (Å²) < 4.78 is 0.989. The fraction of sp³-hybridized carbons (Fsp3) is 0.222. The van der Waals surface area contributed by atoms with Gasteiger partial charge in [0, 0.05) is 20.2 Å². The number of thiophene rings is 1. The summed E-state index contributed by atoms with van der Waals surface area (Å²) in [4.78, 5) is 4.08. The zero-order valence-electron chi connectivity index (χ0n) is 7.29. The summed E-state index contributed by atoms with van der Waals surface area (Å²) in [5.41, 5.74) is 1.36. The van der Waals surface area contributed by atoms with Crippen molar-refractivity contribution in [2.75, 3.05) is 0 Å². The molecule has 0 fully saturated rings. The molecule has 2 rings (SSSR count). The Morgan fingerprint density at radius 1 is 1.15 bits per heavy atom. The zero-order chi connectivity index (χ0) is 9.42. The Balaban J connectivity index is 2.57. The summed E-state index contributed by atoms with van der Waals surface area (Å²) in [6.45, 7) is 4.31. The summed E-state index contributed by atoms with van der Waals surface area (Å²) in [7, 11) is 3.45. The number of aryl methyl sites for hydroxylation is 2. The molecule has 2 heterocycles. The first-order valence-corrected chi connectivity index (χ1v) is 7.22. The van der Waals surface area contributed by atoms with Crippen LogP contribution in [0.5, 0.6) is 0 Å². The Kier molecular flexibility index (Phi) is 2.65. The Labute approximate surface area is 93.9 Å². The summed E-state index contributed by atoms with van der Waals surface area (Å²) in [6.07, 6.45) is 0. The molecule has 0 aliphatic rings. The maximum absolute atomic E-state index is 5.12. The highest BCUT2D eigenvalue weighted by atomic mass is 32.9. The van der Waals surface area contributed by atoms with Crippen LogP contribution >= 0.6 is 44.2 Å². The Morgan fingerprint density at radius 2 is 1.92 bits per heavy atom. The summed E-state index contributed by atoms with van der Waals surface area (Å²) in [5, 5.41) is 0. The third-order valence-electron chi connectivity index (χ3n) is 1.77. The molecule has 0 aromatic carbocycles. The molecule has 0 aliphatic carbocycles. The molecule has 68 valence electrons. The van der Waals surface area contributed by atoms with Crippen LogP contribution in [0.25, 0.3) is 10.4 Å². The predicted octanol–water partition coefficient (Wildman–Crippen LogP) is 4.88. The standard InChI is InChI=1S/C9H8S4/c1-5-3-7(6(2)11-5)8-4-9(10)13-12-8/h3-4H,1-2H3. The molecule has 0 spiro atoms. The van der Waals surface area contributed by atoms with Crippen molar-refractivity contribution in [1.82, 2.24) is 0 Å². The Morgan fingerprint density at radius 3 is 2.38 bits per heavy atom. The van der Waals surface area contributed by atoms with Crippen molar-refractivity contribution in [1.29, 1.82) is 0 Å². The summed E-state index contributed by atoms with van der Waals surface area (Å²) >= 11 is 6.97. The van der Waals surface area contributed by atoms with Gasteiger partial charge in [-0.05, 0) is 26.0 Å². The second-order valence-electron chi connectivity index (χ2n) is 2.82. The molecule has 0 amide bonds. The van der Waals surface area contributed by atoms with E-state index in [1.807, 2.05) is 11.3 Å². The van der Waals surface area contributed by atoms with Gasteiger partial charge in [-0.25, -0.2) is 0 Å². The largest absolute Gasteiger partial charge is 0.145 e. The summed E-state index contributed by atoms with van der Waals surface area (Å²) in [6, 6.07) is 4.34. The van der Waals surface area contributed by atoms with Crippen molar-refractivity contribution in [3.63, 3.8) is 0 Å². The molecule has 0 saturated carbocycles. The first kappa shape index (κ1) is 9.52. The molecular formula is C9H8S4. The highest BCUT2D eigenvalue weighted by Crippen LogP contribution is 2.35. The normalized spacial score (nSPS) is 10.6. The van der Waals surface area contributed by atoms with Gasteiger partial charge in [-0.15, -0.1) is 11.3 Å². The quantitative estimate of drug-likeness (QED) is 0.508. The summed E-state index contributed by atoms with van der Waals surface area (Å²) in [5.74, 6) is 0. The molecule has 0 radical (unpaired) electrons. The van der Waals surface area contributed by atoms with Crippen LogP contribution in [0.3, 0.4) is 0 Å². The second kappa shape index (κ2) is 3.61. The molecule has 13 heavy (non-hydrogen) atoms. The van der Waals surface area contributed by atoms with Crippen molar-refractivity contribution >= 4 is 44.2 Å². The molecule has 0 bridgehead atoms. The third-order valence-corrected chi connectivity index (χ3v) is 5.63. The SMILES string of the molecule is Cc1cc(-c2cc(=S)ss2)c(C)s1. The average molecular weight is 244 g/mol. The molecule has 2 aromatic rings. The van der Waals surface area contributed by atoms with Gasteiger partial charge in [-0.1, -0.05) is 32.9 Å². The minimum atomic E-state index is 0.989. The third kappa shape index (κ3) is 1.91. The van der Waals surface area contributed by atoms with Crippen molar-refractivity contribution in [2.45, 2.75) is 13.8 Å². The van der Waals surface area contributed by atoms with E-state index in [2.05, 4.69) is 26.0 Å². The Bertz CT molecular complexity index is 472. The lowest BCUT2D eigenvalue weighted by molar-refractivity contribution is 1.61. The maximum atomic E-state index is 5.12. The first-order valence-electron chi connectivity index (χ1n) is 3.84. The maximum Gasteiger partial charge on any atom is 0.102 e. The van der Waals surface area contributed by atoms with Crippen LogP contribution in [-0.4, -0.2) is 0 Å². The molecule has 0 aliphatic heterocycles. The highest BCUT2D eigenvalue weighted by molar-refractivity contribution is 7.80. The molecular weight excluding hydrogens is 236 g/mol. The van der Waals surface area contributed by atoms with E-state index in [-0.39, 0.29) is 0 Å². The molecule has 0 unspecified atom stereocenters. The van der Waals surface area contributed by atoms with Gasteiger partial charge < -0.3 is 0 Å². The smallest absolute Gasteiger partial charge is 0.102 e. The van der Waals surface area contributed by atoms with Gasteiger partial charge >= 0.3 is 0 Å². The van der Waals surface area contributed by atoms with Crippen LogP contribution in [0, 0.1) is 17.7 Å². The Hall–Kier alpha value is -0.0300. The molecule has 0 atom stereocenters. The average Bonchev–Trinajstić information content (AvgIpc) is 2.58. The lowest BCUT2D eigenvalue weighted by Crippen LogP contribution is -1.67. The van der Waals surface area contributed by atoms with E-state index in [9.17, 15) is 0 Å². The van der Waals surface area contributed by atoms with E-state index < -0.39 is 0 Å². The van der Waals surface area contributed by atoms with Gasteiger partial charge in [0.05, 0.1) is 0 Å².